The summed E-state index contributed by atoms with van der Waals surface area (Å²) in [6.07, 6.45) is -3.27. The van der Waals surface area contributed by atoms with Crippen LogP contribution in [-0.2, 0) is 11.2 Å². The second-order valence-electron chi connectivity index (χ2n) is 8.69. The SMILES string of the molecule is CCCc1cc(OCCCC(F)(F)F)ccc1[C@H]1CC(c2ccc(C)cc2)=C(C(=N)N=NN)C(=O)N1. The number of amides is 1. The normalized spacial score (nSPS) is 16.4. The van der Waals surface area contributed by atoms with Crippen LogP contribution in [0.1, 0.15) is 60.9 Å². The largest absolute Gasteiger partial charge is 0.494 e. The van der Waals surface area contributed by atoms with Crippen molar-refractivity contribution < 1.29 is 22.7 Å². The van der Waals surface area contributed by atoms with Crippen molar-refractivity contribution in [2.75, 3.05) is 6.61 Å². The zero-order chi connectivity index (χ0) is 26.3. The first-order valence-corrected chi connectivity index (χ1v) is 11.8. The van der Waals surface area contributed by atoms with Gasteiger partial charge in [0.2, 0.25) is 0 Å². The van der Waals surface area contributed by atoms with Crippen LogP contribution in [-0.4, -0.2) is 24.5 Å². The average Bonchev–Trinajstić information content (AvgIpc) is 2.82. The Labute approximate surface area is 208 Å². The van der Waals surface area contributed by atoms with Gasteiger partial charge in [-0.15, -0.1) is 5.11 Å². The van der Waals surface area contributed by atoms with Crippen LogP contribution in [0.25, 0.3) is 5.57 Å². The highest BCUT2D eigenvalue weighted by Crippen LogP contribution is 2.37. The Morgan fingerprint density at radius 3 is 2.58 bits per heavy atom. The van der Waals surface area contributed by atoms with Crippen molar-refractivity contribution in [1.82, 2.24) is 5.32 Å². The second-order valence-corrected chi connectivity index (χ2v) is 8.69. The van der Waals surface area contributed by atoms with E-state index in [-0.39, 0.29) is 30.5 Å². The number of ether oxygens (including phenoxy) is 1. The van der Waals surface area contributed by atoms with Crippen LogP contribution in [0.2, 0.25) is 0 Å². The van der Waals surface area contributed by atoms with Gasteiger partial charge in [0.1, 0.15) is 5.75 Å². The first-order chi connectivity index (χ1) is 17.1. The molecule has 0 saturated carbocycles. The van der Waals surface area contributed by atoms with Gasteiger partial charge in [-0.2, -0.15) is 13.2 Å². The number of hydrogen-bond acceptors (Lipinski definition) is 4. The smallest absolute Gasteiger partial charge is 0.389 e. The number of benzene rings is 2. The van der Waals surface area contributed by atoms with Gasteiger partial charge in [-0.25, -0.2) is 0 Å². The lowest BCUT2D eigenvalue weighted by atomic mass is 9.84. The average molecular weight is 502 g/mol. The number of hydrogen-bond donors (Lipinski definition) is 3. The quantitative estimate of drug-likeness (QED) is 0.0980. The molecule has 0 aromatic heterocycles. The third kappa shape index (κ3) is 6.93. The van der Waals surface area contributed by atoms with Gasteiger partial charge in [-0.05, 0) is 60.6 Å². The molecule has 7 nitrogen and oxygen atoms in total. The Morgan fingerprint density at radius 2 is 1.94 bits per heavy atom. The minimum Gasteiger partial charge on any atom is -0.494 e. The fourth-order valence-electron chi connectivity index (χ4n) is 4.25. The number of alkyl halides is 3. The van der Waals surface area contributed by atoms with Gasteiger partial charge in [0, 0.05) is 6.42 Å². The molecule has 0 spiro atoms. The molecule has 1 atom stereocenters. The number of carbonyl (C=O) groups is 1. The van der Waals surface area contributed by atoms with Gasteiger partial charge in [0.15, 0.2) is 5.84 Å². The van der Waals surface area contributed by atoms with Crippen LogP contribution in [0.3, 0.4) is 0 Å². The van der Waals surface area contributed by atoms with E-state index in [0.29, 0.717) is 24.2 Å². The van der Waals surface area contributed by atoms with Gasteiger partial charge < -0.3 is 15.9 Å². The molecular weight excluding hydrogens is 471 g/mol. The van der Waals surface area contributed by atoms with E-state index in [4.69, 9.17) is 16.0 Å². The monoisotopic (exact) mass is 501 g/mol. The van der Waals surface area contributed by atoms with E-state index in [9.17, 15) is 18.0 Å². The van der Waals surface area contributed by atoms with Gasteiger partial charge in [-0.1, -0.05) is 54.5 Å². The van der Waals surface area contributed by atoms with E-state index in [1.807, 2.05) is 50.2 Å². The fraction of sp³-hybridized carbons (Fsp3) is 0.385. The summed E-state index contributed by atoms with van der Waals surface area (Å²) < 4.78 is 42.8. The van der Waals surface area contributed by atoms with Gasteiger partial charge in [0.05, 0.1) is 18.2 Å². The van der Waals surface area contributed by atoms with E-state index in [0.717, 1.165) is 28.7 Å². The minimum atomic E-state index is -4.21. The van der Waals surface area contributed by atoms with Crippen LogP contribution in [0.5, 0.6) is 5.75 Å². The summed E-state index contributed by atoms with van der Waals surface area (Å²) in [6.45, 7) is 3.95. The molecular formula is C26H30F3N5O2. The first-order valence-electron chi connectivity index (χ1n) is 11.8. The van der Waals surface area contributed by atoms with Crippen molar-refractivity contribution in [2.45, 2.75) is 58.2 Å². The minimum absolute atomic E-state index is 0.0357. The molecule has 0 fully saturated rings. The van der Waals surface area contributed by atoms with Gasteiger partial charge in [0.25, 0.3) is 5.91 Å². The Morgan fingerprint density at radius 1 is 1.22 bits per heavy atom. The van der Waals surface area contributed by atoms with E-state index >= 15 is 0 Å². The molecule has 3 rings (SSSR count). The Balaban J connectivity index is 1.92. The fourth-order valence-corrected chi connectivity index (χ4v) is 4.25. The molecule has 10 heteroatoms. The van der Waals surface area contributed by atoms with Crippen molar-refractivity contribution in [3.05, 3.63) is 70.3 Å². The Bertz CT molecular complexity index is 1160. The highest BCUT2D eigenvalue weighted by Gasteiger charge is 2.32. The van der Waals surface area contributed by atoms with Gasteiger partial charge in [-0.3, -0.25) is 10.2 Å². The second kappa shape index (κ2) is 11.8. The van der Waals surface area contributed by atoms with Crippen LogP contribution >= 0.6 is 0 Å². The maximum absolute atomic E-state index is 13.2. The Hall–Kier alpha value is -3.69. The molecule has 4 N–H and O–H groups in total. The van der Waals surface area contributed by atoms with Crippen molar-refractivity contribution in [1.29, 1.82) is 5.41 Å². The van der Waals surface area contributed by atoms with Crippen LogP contribution in [0.4, 0.5) is 13.2 Å². The molecule has 1 aliphatic rings. The molecule has 1 amide bonds. The van der Waals surface area contributed by atoms with Crippen LogP contribution < -0.4 is 15.9 Å². The third-order valence-electron chi connectivity index (χ3n) is 5.92. The summed E-state index contributed by atoms with van der Waals surface area (Å²) in [5.74, 6) is 4.86. The summed E-state index contributed by atoms with van der Waals surface area (Å²) in [7, 11) is 0. The lowest BCUT2D eigenvalue weighted by Crippen LogP contribution is -2.37. The summed E-state index contributed by atoms with van der Waals surface area (Å²) >= 11 is 0. The number of aryl methyl sites for hydroxylation is 2. The number of halogens is 3. The topological polar surface area (TPSA) is 113 Å². The molecule has 2 aromatic rings. The predicted octanol–water partition coefficient (Wildman–Crippen LogP) is 5.99. The highest BCUT2D eigenvalue weighted by molar-refractivity contribution is 6.25. The summed E-state index contributed by atoms with van der Waals surface area (Å²) in [6, 6.07) is 12.7. The molecule has 36 heavy (non-hydrogen) atoms. The number of rotatable bonds is 9. The molecule has 1 aliphatic heterocycles. The lowest BCUT2D eigenvalue weighted by molar-refractivity contribution is -0.136. The Kier molecular flexibility index (Phi) is 8.84. The molecule has 0 saturated heterocycles. The number of nitrogens with two attached hydrogens (primary N) is 1. The number of nitrogens with one attached hydrogen (secondary N) is 2. The van der Waals surface area contributed by atoms with Crippen LogP contribution in [0.15, 0.2) is 58.4 Å². The third-order valence-corrected chi connectivity index (χ3v) is 5.92. The van der Waals surface area contributed by atoms with Crippen molar-refractivity contribution in [3.63, 3.8) is 0 Å². The number of amidine groups is 1. The zero-order valence-corrected chi connectivity index (χ0v) is 20.3. The van der Waals surface area contributed by atoms with Crippen molar-refractivity contribution in [2.24, 2.45) is 16.2 Å². The molecule has 1 heterocycles. The number of carbonyl (C=O) groups excluding carboxylic acids is 1. The highest BCUT2D eigenvalue weighted by atomic mass is 19.4. The molecule has 0 aliphatic carbocycles. The van der Waals surface area contributed by atoms with Crippen LogP contribution in [0, 0.1) is 12.3 Å². The van der Waals surface area contributed by atoms with E-state index in [2.05, 4.69) is 15.7 Å². The molecule has 0 bridgehead atoms. The van der Waals surface area contributed by atoms with Crippen molar-refractivity contribution in [3.8, 4) is 5.75 Å². The van der Waals surface area contributed by atoms with Gasteiger partial charge >= 0.3 is 6.18 Å². The maximum Gasteiger partial charge on any atom is 0.389 e. The standard InChI is InChI=1S/C26H30F3N5O2/c1-3-5-18-14-19(36-13-4-12-26(27,28)29)10-11-20(18)22-15-21(17-8-6-16(2)7-9-17)23(25(35)32-22)24(30)33-34-31/h6-11,14,22H,3-5,12-13,15H2,1-2H3,(H,32,35)(H3,30,31,33)/t22-/m1/s1. The van der Waals surface area contributed by atoms with E-state index in [1.54, 1.807) is 6.07 Å². The molecule has 0 unspecified atom stereocenters. The first kappa shape index (κ1) is 26.9. The van der Waals surface area contributed by atoms with E-state index in [1.165, 1.54) is 0 Å². The maximum atomic E-state index is 13.2. The van der Waals surface area contributed by atoms with Crippen molar-refractivity contribution >= 4 is 17.3 Å². The summed E-state index contributed by atoms with van der Waals surface area (Å²) in [5, 5.41) is 17.9. The predicted molar refractivity (Wildman–Crippen MR) is 132 cm³/mol. The zero-order valence-electron chi connectivity index (χ0n) is 20.3. The number of nitrogens with zero attached hydrogens (tertiary/aromatic N) is 2. The molecule has 2 aromatic carbocycles. The lowest BCUT2D eigenvalue weighted by Gasteiger charge is -2.30. The molecule has 0 radical (unpaired) electrons. The molecule has 192 valence electrons. The summed E-state index contributed by atoms with van der Waals surface area (Å²) in [4.78, 5) is 13.2. The van der Waals surface area contributed by atoms with E-state index < -0.39 is 18.5 Å². The summed E-state index contributed by atoms with van der Waals surface area (Å²) in [5.41, 5.74) is 4.48.